The van der Waals surface area contributed by atoms with E-state index in [-0.39, 0.29) is 0 Å². The minimum absolute atomic E-state index is 0.694. The SMILES string of the molecule is COc1ccc2c(N)c3c4ccccc4cc[n+]3cc2c1OC. The van der Waals surface area contributed by atoms with Gasteiger partial charge in [-0.2, -0.15) is 4.40 Å². The fourth-order valence-corrected chi connectivity index (χ4v) is 3.20. The monoisotopic (exact) mass is 305 g/mol. The molecule has 114 valence electrons. The van der Waals surface area contributed by atoms with Gasteiger partial charge in [0, 0.05) is 11.5 Å². The third kappa shape index (κ3) is 1.88. The van der Waals surface area contributed by atoms with Gasteiger partial charge in [-0.1, -0.05) is 18.2 Å². The van der Waals surface area contributed by atoms with E-state index in [1.165, 1.54) is 5.39 Å². The maximum atomic E-state index is 6.52. The predicted molar refractivity (Wildman–Crippen MR) is 92.1 cm³/mol. The maximum absolute atomic E-state index is 6.52. The van der Waals surface area contributed by atoms with E-state index < -0.39 is 0 Å². The number of hydrogen-bond acceptors (Lipinski definition) is 3. The quantitative estimate of drug-likeness (QED) is 0.351. The molecule has 2 aromatic heterocycles. The van der Waals surface area contributed by atoms with Gasteiger partial charge in [-0.25, -0.2) is 0 Å². The fourth-order valence-electron chi connectivity index (χ4n) is 3.20. The number of fused-ring (bicyclic) bond motifs is 4. The Balaban J connectivity index is 2.23. The Morgan fingerprint density at radius 1 is 0.870 bits per heavy atom. The Bertz CT molecular complexity index is 1060. The van der Waals surface area contributed by atoms with E-state index in [1.807, 2.05) is 41.1 Å². The zero-order valence-electron chi connectivity index (χ0n) is 13.0. The van der Waals surface area contributed by atoms with Crippen LogP contribution in [0.1, 0.15) is 0 Å². The predicted octanol–water partition coefficient (Wildman–Crippen LogP) is 3.33. The molecule has 0 aliphatic heterocycles. The van der Waals surface area contributed by atoms with Crippen LogP contribution in [0, 0.1) is 0 Å². The summed E-state index contributed by atoms with van der Waals surface area (Å²) < 4.78 is 13.0. The van der Waals surface area contributed by atoms with Crippen LogP contribution in [-0.2, 0) is 0 Å². The average molecular weight is 305 g/mol. The molecule has 0 bridgehead atoms. The highest BCUT2D eigenvalue weighted by Gasteiger charge is 2.19. The Hall–Kier alpha value is -3.01. The summed E-state index contributed by atoms with van der Waals surface area (Å²) in [6, 6.07) is 14.2. The molecule has 0 saturated heterocycles. The zero-order chi connectivity index (χ0) is 16.0. The third-order valence-corrected chi connectivity index (χ3v) is 4.29. The smallest absolute Gasteiger partial charge is 0.242 e. The van der Waals surface area contributed by atoms with Gasteiger partial charge >= 0.3 is 0 Å². The molecule has 0 radical (unpaired) electrons. The van der Waals surface area contributed by atoms with Gasteiger partial charge in [0.05, 0.1) is 25.0 Å². The number of anilines is 1. The Labute approximate surface area is 133 Å². The van der Waals surface area contributed by atoms with E-state index in [4.69, 9.17) is 15.2 Å². The minimum Gasteiger partial charge on any atom is -0.493 e. The van der Waals surface area contributed by atoms with Crippen LogP contribution in [-0.4, -0.2) is 14.2 Å². The second kappa shape index (κ2) is 5.02. The molecule has 2 heterocycles. The van der Waals surface area contributed by atoms with Crippen molar-refractivity contribution in [1.82, 2.24) is 0 Å². The van der Waals surface area contributed by atoms with Crippen molar-refractivity contribution < 1.29 is 13.9 Å². The summed E-state index contributed by atoms with van der Waals surface area (Å²) in [6.45, 7) is 0. The molecule has 4 heteroatoms. The molecular formula is C19H17N2O2+. The van der Waals surface area contributed by atoms with Crippen molar-refractivity contribution in [2.45, 2.75) is 0 Å². The van der Waals surface area contributed by atoms with E-state index in [2.05, 4.69) is 18.2 Å². The molecule has 0 saturated carbocycles. The highest BCUT2D eigenvalue weighted by Crippen LogP contribution is 2.38. The van der Waals surface area contributed by atoms with Crippen molar-refractivity contribution in [3.63, 3.8) is 0 Å². The molecule has 23 heavy (non-hydrogen) atoms. The molecule has 4 rings (SSSR count). The first-order valence-corrected chi connectivity index (χ1v) is 7.40. The second-order valence-corrected chi connectivity index (χ2v) is 5.46. The largest absolute Gasteiger partial charge is 0.493 e. The lowest BCUT2D eigenvalue weighted by atomic mass is 10.0. The highest BCUT2D eigenvalue weighted by molar-refractivity contribution is 6.08. The lowest BCUT2D eigenvalue weighted by Crippen LogP contribution is -2.22. The molecule has 0 unspecified atom stereocenters. The Morgan fingerprint density at radius 2 is 1.70 bits per heavy atom. The second-order valence-electron chi connectivity index (χ2n) is 5.46. The molecule has 0 aliphatic carbocycles. The number of pyridine rings is 2. The fraction of sp³-hybridized carbons (Fsp3) is 0.105. The average Bonchev–Trinajstić information content (AvgIpc) is 2.60. The molecule has 0 spiro atoms. The third-order valence-electron chi connectivity index (χ3n) is 4.29. The standard InChI is InChI=1S/C19H17N2O2/c1-22-16-8-7-14-15(19(16)23-2)11-21-10-9-12-5-3-4-6-13(12)18(21)17(14)20/h3-11H,20H2,1-2H3/q+1. The van der Waals surface area contributed by atoms with Crippen LogP contribution in [0.25, 0.3) is 27.1 Å². The number of nitrogen functional groups attached to an aromatic ring is 1. The lowest BCUT2D eigenvalue weighted by Gasteiger charge is -2.11. The van der Waals surface area contributed by atoms with Crippen LogP contribution < -0.4 is 19.6 Å². The molecule has 2 aromatic carbocycles. The Morgan fingerprint density at radius 3 is 2.48 bits per heavy atom. The summed E-state index contributed by atoms with van der Waals surface area (Å²) in [5.74, 6) is 1.39. The van der Waals surface area contributed by atoms with E-state index >= 15 is 0 Å². The van der Waals surface area contributed by atoms with Crippen LogP contribution in [0.15, 0.2) is 54.9 Å². The topological polar surface area (TPSA) is 48.6 Å². The summed E-state index contributed by atoms with van der Waals surface area (Å²) >= 11 is 0. The maximum Gasteiger partial charge on any atom is 0.242 e. The van der Waals surface area contributed by atoms with Gasteiger partial charge in [0.1, 0.15) is 5.69 Å². The van der Waals surface area contributed by atoms with E-state index in [0.29, 0.717) is 11.5 Å². The van der Waals surface area contributed by atoms with Crippen molar-refractivity contribution in [2.24, 2.45) is 0 Å². The van der Waals surface area contributed by atoms with Crippen LogP contribution in [0.4, 0.5) is 5.69 Å². The van der Waals surface area contributed by atoms with Crippen LogP contribution in [0.3, 0.4) is 0 Å². The number of hydrogen-bond donors (Lipinski definition) is 1. The highest BCUT2D eigenvalue weighted by atomic mass is 16.5. The summed E-state index contributed by atoms with van der Waals surface area (Å²) in [5, 5.41) is 4.18. The first kappa shape index (κ1) is 13.6. The van der Waals surface area contributed by atoms with Gasteiger partial charge in [0.15, 0.2) is 23.9 Å². The number of rotatable bonds is 2. The molecule has 0 fully saturated rings. The summed E-state index contributed by atoms with van der Waals surface area (Å²) in [4.78, 5) is 0. The number of aromatic nitrogens is 1. The summed E-state index contributed by atoms with van der Waals surface area (Å²) in [5.41, 5.74) is 8.26. The first-order valence-electron chi connectivity index (χ1n) is 7.40. The van der Waals surface area contributed by atoms with Crippen molar-refractivity contribution in [3.05, 3.63) is 54.9 Å². The number of nitrogens with zero attached hydrogens (tertiary/aromatic N) is 1. The van der Waals surface area contributed by atoms with E-state index in [9.17, 15) is 0 Å². The molecule has 0 amide bonds. The van der Waals surface area contributed by atoms with Crippen LogP contribution in [0.5, 0.6) is 11.5 Å². The van der Waals surface area contributed by atoms with Gasteiger partial charge in [-0.15, -0.1) is 0 Å². The van der Waals surface area contributed by atoms with Crippen molar-refractivity contribution in [2.75, 3.05) is 20.0 Å². The number of benzene rings is 2. The minimum atomic E-state index is 0.694. The van der Waals surface area contributed by atoms with Crippen LogP contribution >= 0.6 is 0 Å². The van der Waals surface area contributed by atoms with Crippen molar-refractivity contribution in [1.29, 1.82) is 0 Å². The molecule has 0 aliphatic rings. The van der Waals surface area contributed by atoms with Gasteiger partial charge in [-0.05, 0) is 23.6 Å². The van der Waals surface area contributed by atoms with Crippen molar-refractivity contribution >= 4 is 32.7 Å². The van der Waals surface area contributed by atoms with Gasteiger partial charge in [0.25, 0.3) is 0 Å². The summed E-state index contributed by atoms with van der Waals surface area (Å²) in [7, 11) is 3.28. The number of methoxy groups -OCH3 is 2. The molecular weight excluding hydrogens is 288 g/mol. The van der Waals surface area contributed by atoms with Gasteiger partial charge in [0.2, 0.25) is 5.52 Å². The first-order chi connectivity index (χ1) is 11.2. The normalized spacial score (nSPS) is 11.2. The molecule has 4 aromatic rings. The van der Waals surface area contributed by atoms with Crippen molar-refractivity contribution in [3.8, 4) is 11.5 Å². The van der Waals surface area contributed by atoms with Gasteiger partial charge < -0.3 is 15.2 Å². The zero-order valence-corrected chi connectivity index (χ0v) is 13.0. The van der Waals surface area contributed by atoms with Gasteiger partial charge in [-0.3, -0.25) is 0 Å². The lowest BCUT2D eigenvalue weighted by molar-refractivity contribution is -0.508. The Kier molecular flexibility index (Phi) is 2.98. The number of ether oxygens (including phenoxy) is 2. The molecule has 4 nitrogen and oxygen atoms in total. The number of nitrogens with two attached hydrogens (primary N) is 1. The van der Waals surface area contributed by atoms with E-state index in [0.717, 1.165) is 27.4 Å². The van der Waals surface area contributed by atoms with Crippen LogP contribution in [0.2, 0.25) is 0 Å². The molecule has 2 N–H and O–H groups in total. The summed E-state index contributed by atoms with van der Waals surface area (Å²) in [6.07, 6.45) is 4.06. The van der Waals surface area contributed by atoms with E-state index in [1.54, 1.807) is 14.2 Å². The molecule has 0 atom stereocenters.